The van der Waals surface area contributed by atoms with Crippen LogP contribution in [0.5, 0.6) is 0 Å². The Balaban J connectivity index is 1.78. The summed E-state index contributed by atoms with van der Waals surface area (Å²) in [7, 11) is 0. The lowest BCUT2D eigenvalue weighted by Gasteiger charge is -2.24. The van der Waals surface area contributed by atoms with Crippen molar-refractivity contribution in [3.05, 3.63) is 71.8 Å². The Labute approximate surface area is 199 Å². The molecule has 2 aromatic rings. The average molecular weight is 470 g/mol. The topological polar surface area (TPSA) is 123 Å². The maximum absolute atomic E-state index is 12.6. The number of alkyl carbamates (subject to hydrolysis) is 1. The number of rotatable bonds is 10. The molecule has 182 valence electrons. The second kappa shape index (κ2) is 13.0. The maximum atomic E-state index is 12.6. The number of hydrogen-bond donors (Lipinski definition) is 3. The standard InChI is InChI=1S/C25H31N3O6/c1-25(2,3)34-23(31)20(14-18-10-6-4-7-11-18)28-22(30)16-26-21(29)15-27-24(32)33-17-19-12-8-5-9-13-19/h4-13,20H,14-17H2,1-3H3,(H,26,29)(H,27,32)(H,28,30)/t20-/m1/s1. The van der Waals surface area contributed by atoms with Crippen molar-refractivity contribution in [2.45, 2.75) is 45.4 Å². The average Bonchev–Trinajstić information content (AvgIpc) is 2.80. The number of amides is 3. The summed E-state index contributed by atoms with van der Waals surface area (Å²) in [6.07, 6.45) is -0.513. The molecule has 2 rings (SSSR count). The van der Waals surface area contributed by atoms with Gasteiger partial charge in [0, 0.05) is 6.42 Å². The van der Waals surface area contributed by atoms with Crippen LogP contribution in [0.2, 0.25) is 0 Å². The van der Waals surface area contributed by atoms with Crippen LogP contribution in [-0.2, 0) is 36.9 Å². The summed E-state index contributed by atoms with van der Waals surface area (Å²) < 4.78 is 10.4. The summed E-state index contributed by atoms with van der Waals surface area (Å²) in [6.45, 7) is 4.57. The van der Waals surface area contributed by atoms with E-state index < -0.39 is 35.5 Å². The Kier molecular flexibility index (Phi) is 10.1. The zero-order chi connectivity index (χ0) is 25.0. The molecule has 0 aliphatic rings. The molecular weight excluding hydrogens is 438 g/mol. The lowest BCUT2D eigenvalue weighted by Crippen LogP contribution is -2.49. The molecule has 3 amide bonds. The van der Waals surface area contributed by atoms with Gasteiger partial charge in [-0.2, -0.15) is 0 Å². The molecule has 0 aliphatic carbocycles. The first-order chi connectivity index (χ1) is 16.1. The first-order valence-corrected chi connectivity index (χ1v) is 10.9. The van der Waals surface area contributed by atoms with E-state index in [1.54, 1.807) is 32.9 Å². The van der Waals surface area contributed by atoms with Crippen LogP contribution in [0.3, 0.4) is 0 Å². The fourth-order valence-corrected chi connectivity index (χ4v) is 2.83. The molecular formula is C25H31N3O6. The molecule has 9 heteroatoms. The molecule has 1 atom stereocenters. The number of carbonyl (C=O) groups is 4. The van der Waals surface area contributed by atoms with Crippen LogP contribution in [0.15, 0.2) is 60.7 Å². The number of esters is 1. The van der Waals surface area contributed by atoms with Crippen molar-refractivity contribution >= 4 is 23.9 Å². The molecule has 0 aromatic heterocycles. The van der Waals surface area contributed by atoms with Gasteiger partial charge in [-0.25, -0.2) is 9.59 Å². The van der Waals surface area contributed by atoms with E-state index in [2.05, 4.69) is 16.0 Å². The summed E-state index contributed by atoms with van der Waals surface area (Å²) in [5.74, 6) is -1.71. The molecule has 0 saturated carbocycles. The second-order valence-electron chi connectivity index (χ2n) is 8.54. The van der Waals surface area contributed by atoms with Gasteiger partial charge in [-0.15, -0.1) is 0 Å². The number of nitrogens with one attached hydrogen (secondary N) is 3. The molecule has 0 heterocycles. The Morgan fingerprint density at radius 1 is 0.794 bits per heavy atom. The van der Waals surface area contributed by atoms with E-state index in [-0.39, 0.29) is 26.1 Å². The predicted octanol–water partition coefficient (Wildman–Crippen LogP) is 2.10. The Hall–Kier alpha value is -3.88. The van der Waals surface area contributed by atoms with Crippen LogP contribution in [0.1, 0.15) is 31.9 Å². The van der Waals surface area contributed by atoms with Crippen molar-refractivity contribution in [2.75, 3.05) is 13.1 Å². The molecule has 3 N–H and O–H groups in total. The van der Waals surface area contributed by atoms with Gasteiger partial charge < -0.3 is 25.4 Å². The predicted molar refractivity (Wildman–Crippen MR) is 126 cm³/mol. The lowest BCUT2D eigenvalue weighted by molar-refractivity contribution is -0.158. The van der Waals surface area contributed by atoms with Crippen molar-refractivity contribution in [2.24, 2.45) is 0 Å². The maximum Gasteiger partial charge on any atom is 0.407 e. The van der Waals surface area contributed by atoms with Gasteiger partial charge in [-0.1, -0.05) is 60.7 Å². The van der Waals surface area contributed by atoms with Crippen LogP contribution < -0.4 is 16.0 Å². The summed E-state index contributed by atoms with van der Waals surface area (Å²) in [4.78, 5) is 48.7. The molecule has 0 saturated heterocycles. The van der Waals surface area contributed by atoms with Gasteiger partial charge in [0.05, 0.1) is 6.54 Å². The van der Waals surface area contributed by atoms with Gasteiger partial charge in [0.2, 0.25) is 11.8 Å². The zero-order valence-corrected chi connectivity index (χ0v) is 19.6. The van der Waals surface area contributed by atoms with Crippen molar-refractivity contribution in [1.82, 2.24) is 16.0 Å². The van der Waals surface area contributed by atoms with Gasteiger partial charge in [-0.3, -0.25) is 9.59 Å². The second-order valence-corrected chi connectivity index (χ2v) is 8.54. The number of ether oxygens (including phenoxy) is 2. The smallest absolute Gasteiger partial charge is 0.407 e. The molecule has 0 spiro atoms. The van der Waals surface area contributed by atoms with Gasteiger partial charge >= 0.3 is 12.1 Å². The summed E-state index contributed by atoms with van der Waals surface area (Å²) >= 11 is 0. The van der Waals surface area contributed by atoms with Gasteiger partial charge in [-0.05, 0) is 31.9 Å². The highest BCUT2D eigenvalue weighted by molar-refractivity contribution is 5.89. The minimum Gasteiger partial charge on any atom is -0.458 e. The van der Waals surface area contributed by atoms with Crippen LogP contribution in [0.4, 0.5) is 4.79 Å². The Morgan fingerprint density at radius 3 is 1.94 bits per heavy atom. The van der Waals surface area contributed by atoms with Crippen LogP contribution in [0, 0.1) is 0 Å². The molecule has 0 fully saturated rings. The monoisotopic (exact) mass is 469 g/mol. The fourth-order valence-electron chi connectivity index (χ4n) is 2.83. The Morgan fingerprint density at radius 2 is 1.35 bits per heavy atom. The zero-order valence-electron chi connectivity index (χ0n) is 19.6. The highest BCUT2D eigenvalue weighted by Crippen LogP contribution is 2.11. The largest absolute Gasteiger partial charge is 0.458 e. The third-order valence-corrected chi connectivity index (χ3v) is 4.36. The van der Waals surface area contributed by atoms with Gasteiger partial charge in [0.1, 0.15) is 24.8 Å². The van der Waals surface area contributed by atoms with E-state index >= 15 is 0 Å². The molecule has 0 aliphatic heterocycles. The molecule has 0 radical (unpaired) electrons. The van der Waals surface area contributed by atoms with E-state index in [1.165, 1.54) is 0 Å². The number of hydrogen-bond acceptors (Lipinski definition) is 6. The third kappa shape index (κ3) is 10.6. The van der Waals surface area contributed by atoms with Crippen molar-refractivity contribution in [3.8, 4) is 0 Å². The van der Waals surface area contributed by atoms with E-state index in [4.69, 9.17) is 9.47 Å². The van der Waals surface area contributed by atoms with Crippen LogP contribution >= 0.6 is 0 Å². The van der Waals surface area contributed by atoms with Gasteiger partial charge in [0.15, 0.2) is 0 Å². The molecule has 0 unspecified atom stereocenters. The van der Waals surface area contributed by atoms with Crippen LogP contribution in [-0.4, -0.2) is 48.6 Å². The van der Waals surface area contributed by atoms with E-state index in [0.29, 0.717) is 0 Å². The molecule has 34 heavy (non-hydrogen) atoms. The highest BCUT2D eigenvalue weighted by atomic mass is 16.6. The molecule has 2 aromatic carbocycles. The van der Waals surface area contributed by atoms with Gasteiger partial charge in [0.25, 0.3) is 0 Å². The summed E-state index contributed by atoms with van der Waals surface area (Å²) in [6, 6.07) is 17.4. The first-order valence-electron chi connectivity index (χ1n) is 10.9. The highest BCUT2D eigenvalue weighted by Gasteiger charge is 2.27. The summed E-state index contributed by atoms with van der Waals surface area (Å²) in [5, 5.41) is 7.32. The number of carbonyl (C=O) groups excluding carboxylic acids is 4. The van der Waals surface area contributed by atoms with E-state index in [1.807, 2.05) is 48.5 Å². The fraction of sp³-hybridized carbons (Fsp3) is 0.360. The Bertz CT molecular complexity index is 958. The summed E-state index contributed by atoms with van der Waals surface area (Å²) in [5.41, 5.74) is 0.945. The third-order valence-electron chi connectivity index (χ3n) is 4.36. The van der Waals surface area contributed by atoms with Crippen molar-refractivity contribution in [1.29, 1.82) is 0 Å². The minimum atomic E-state index is -0.919. The van der Waals surface area contributed by atoms with E-state index in [0.717, 1.165) is 11.1 Å². The lowest BCUT2D eigenvalue weighted by atomic mass is 10.1. The number of benzene rings is 2. The minimum absolute atomic E-state index is 0.0736. The molecule has 0 bridgehead atoms. The van der Waals surface area contributed by atoms with E-state index in [9.17, 15) is 19.2 Å². The molecule has 9 nitrogen and oxygen atoms in total. The van der Waals surface area contributed by atoms with Crippen molar-refractivity contribution < 1.29 is 28.7 Å². The normalized spacial score (nSPS) is 11.6. The first kappa shape index (κ1) is 26.4. The van der Waals surface area contributed by atoms with Crippen molar-refractivity contribution in [3.63, 3.8) is 0 Å². The van der Waals surface area contributed by atoms with Crippen LogP contribution in [0.25, 0.3) is 0 Å². The quantitative estimate of drug-likeness (QED) is 0.458. The SMILES string of the molecule is CC(C)(C)OC(=O)[C@@H](Cc1ccccc1)NC(=O)CNC(=O)CNC(=O)OCc1ccccc1.